The zero-order chi connectivity index (χ0) is 10.8. The summed E-state index contributed by atoms with van der Waals surface area (Å²) in [7, 11) is 0. The molecule has 1 aliphatic heterocycles. The van der Waals surface area contributed by atoms with Crippen LogP contribution in [0.15, 0.2) is 16.8 Å². The normalized spacial score (nSPS) is 17.3. The zero-order valence-electron chi connectivity index (χ0n) is 8.15. The predicted octanol–water partition coefficient (Wildman–Crippen LogP) is 2.28. The Morgan fingerprint density at radius 2 is 2.14 bits per heavy atom. The summed E-state index contributed by atoms with van der Waals surface area (Å²) in [6, 6.07) is 0.257. The molecule has 0 bridgehead atoms. The quantitative estimate of drug-likeness (QED) is 0.752. The van der Waals surface area contributed by atoms with Crippen LogP contribution in [0.5, 0.6) is 0 Å². The van der Waals surface area contributed by atoms with Gasteiger partial charge in [0, 0.05) is 30.9 Å². The van der Waals surface area contributed by atoms with Gasteiger partial charge in [0.15, 0.2) is 0 Å². The minimum Gasteiger partial charge on any atom is -0.309 e. The molecular formula is C9H13F3N2. The van der Waals surface area contributed by atoms with Gasteiger partial charge in [-0.05, 0) is 0 Å². The van der Waals surface area contributed by atoms with Crippen LogP contribution in [-0.2, 0) is 0 Å². The average Bonchev–Trinajstić information content (AvgIpc) is 2.47. The Kier molecular flexibility index (Phi) is 3.31. The highest BCUT2D eigenvalue weighted by molar-refractivity contribution is 5.91. The third-order valence-electron chi connectivity index (χ3n) is 1.88. The molecule has 1 aliphatic rings. The van der Waals surface area contributed by atoms with Gasteiger partial charge < -0.3 is 5.32 Å². The molecule has 2 nitrogen and oxygen atoms in total. The van der Waals surface area contributed by atoms with Gasteiger partial charge in [-0.1, -0.05) is 13.8 Å². The van der Waals surface area contributed by atoms with E-state index in [9.17, 15) is 13.2 Å². The Morgan fingerprint density at radius 3 is 2.57 bits per heavy atom. The van der Waals surface area contributed by atoms with Gasteiger partial charge in [0.05, 0.1) is 5.57 Å². The van der Waals surface area contributed by atoms with Crippen LogP contribution in [0.1, 0.15) is 20.3 Å². The summed E-state index contributed by atoms with van der Waals surface area (Å²) in [6.45, 7) is 4.30. The second kappa shape index (κ2) is 4.13. The molecule has 0 radical (unpaired) electrons. The van der Waals surface area contributed by atoms with E-state index in [-0.39, 0.29) is 12.5 Å². The first-order valence-corrected chi connectivity index (χ1v) is 4.45. The first-order valence-electron chi connectivity index (χ1n) is 4.45. The molecule has 1 rings (SSSR count). The molecule has 0 spiro atoms. The highest BCUT2D eigenvalue weighted by Gasteiger charge is 2.35. The number of allylic oxidation sites excluding steroid dienone is 1. The maximum absolute atomic E-state index is 12.2. The first-order chi connectivity index (χ1) is 6.39. The van der Waals surface area contributed by atoms with Crippen molar-refractivity contribution in [3.8, 4) is 0 Å². The third kappa shape index (κ3) is 3.14. The standard InChI is InChI=1S/C9H13F3N2/c1-6(2)13-5-8-3-7(4-14-8)9(10,11)12/h4,6,13H,3,5H2,1-2H3. The summed E-state index contributed by atoms with van der Waals surface area (Å²) in [4.78, 5) is 3.73. The van der Waals surface area contributed by atoms with Crippen LogP contribution in [0.25, 0.3) is 0 Å². The number of hydrogen-bond acceptors (Lipinski definition) is 2. The van der Waals surface area contributed by atoms with Crippen LogP contribution in [0.4, 0.5) is 13.2 Å². The molecule has 80 valence electrons. The van der Waals surface area contributed by atoms with Gasteiger partial charge in [-0.3, -0.25) is 4.99 Å². The van der Waals surface area contributed by atoms with E-state index in [4.69, 9.17) is 0 Å². The maximum Gasteiger partial charge on any atom is 0.414 e. The molecule has 1 heterocycles. The minimum atomic E-state index is -4.23. The molecule has 0 aromatic carbocycles. The van der Waals surface area contributed by atoms with Crippen molar-refractivity contribution >= 4 is 5.71 Å². The number of aliphatic imine (C=N–C) groups is 1. The van der Waals surface area contributed by atoms with Crippen LogP contribution in [0, 0.1) is 0 Å². The highest BCUT2D eigenvalue weighted by Crippen LogP contribution is 2.30. The summed E-state index contributed by atoms with van der Waals surface area (Å²) in [5.74, 6) is 0. The maximum atomic E-state index is 12.2. The molecule has 0 fully saturated rings. The van der Waals surface area contributed by atoms with E-state index in [0.29, 0.717) is 12.3 Å². The third-order valence-corrected chi connectivity index (χ3v) is 1.88. The molecule has 14 heavy (non-hydrogen) atoms. The van der Waals surface area contributed by atoms with Crippen molar-refractivity contribution < 1.29 is 13.2 Å². The minimum absolute atomic E-state index is 0.0801. The number of alkyl halides is 3. The van der Waals surface area contributed by atoms with Crippen molar-refractivity contribution in [1.29, 1.82) is 0 Å². The second-order valence-corrected chi connectivity index (χ2v) is 3.56. The topological polar surface area (TPSA) is 24.4 Å². The Balaban J connectivity index is 2.38. The number of nitrogens with one attached hydrogen (secondary N) is 1. The lowest BCUT2D eigenvalue weighted by atomic mass is 10.1. The molecule has 0 unspecified atom stereocenters. The van der Waals surface area contributed by atoms with Gasteiger partial charge in [-0.15, -0.1) is 0 Å². The zero-order valence-corrected chi connectivity index (χ0v) is 8.15. The van der Waals surface area contributed by atoms with E-state index in [1.54, 1.807) is 0 Å². The van der Waals surface area contributed by atoms with Crippen LogP contribution in [-0.4, -0.2) is 24.5 Å². The largest absolute Gasteiger partial charge is 0.414 e. The lowest BCUT2D eigenvalue weighted by Gasteiger charge is -2.09. The van der Waals surface area contributed by atoms with Crippen molar-refractivity contribution in [2.45, 2.75) is 32.5 Å². The number of halogens is 3. The van der Waals surface area contributed by atoms with Crippen LogP contribution in [0.2, 0.25) is 0 Å². The van der Waals surface area contributed by atoms with Gasteiger partial charge in [0.1, 0.15) is 0 Å². The van der Waals surface area contributed by atoms with Crippen molar-refractivity contribution in [2.24, 2.45) is 4.99 Å². The molecule has 0 amide bonds. The van der Waals surface area contributed by atoms with Crippen LogP contribution >= 0.6 is 0 Å². The fraction of sp³-hybridized carbons (Fsp3) is 0.667. The molecule has 0 saturated carbocycles. The van der Waals surface area contributed by atoms with Crippen molar-refractivity contribution in [2.75, 3.05) is 6.54 Å². The number of nitrogens with zero attached hydrogens (tertiary/aromatic N) is 1. The molecule has 1 N–H and O–H groups in total. The molecular weight excluding hydrogens is 193 g/mol. The van der Waals surface area contributed by atoms with Crippen molar-refractivity contribution in [3.63, 3.8) is 0 Å². The van der Waals surface area contributed by atoms with Gasteiger partial charge in [0.2, 0.25) is 0 Å². The first kappa shape index (κ1) is 11.2. The van der Waals surface area contributed by atoms with Crippen LogP contribution in [0.3, 0.4) is 0 Å². The molecule has 0 saturated heterocycles. The highest BCUT2D eigenvalue weighted by atomic mass is 19.4. The second-order valence-electron chi connectivity index (χ2n) is 3.56. The van der Waals surface area contributed by atoms with E-state index in [1.807, 2.05) is 13.8 Å². The average molecular weight is 206 g/mol. The lowest BCUT2D eigenvalue weighted by molar-refractivity contribution is -0.0923. The number of hydrogen-bond donors (Lipinski definition) is 1. The molecule has 0 aromatic heterocycles. The fourth-order valence-electron chi connectivity index (χ4n) is 1.08. The molecule has 0 aliphatic carbocycles. The molecule has 5 heteroatoms. The Labute approximate surface area is 80.9 Å². The van der Waals surface area contributed by atoms with E-state index in [1.165, 1.54) is 0 Å². The lowest BCUT2D eigenvalue weighted by Crippen LogP contribution is -2.29. The van der Waals surface area contributed by atoms with E-state index in [0.717, 1.165) is 6.20 Å². The summed E-state index contributed by atoms with van der Waals surface area (Å²) in [5.41, 5.74) is -0.0101. The fourth-order valence-corrected chi connectivity index (χ4v) is 1.08. The number of rotatable bonds is 3. The smallest absolute Gasteiger partial charge is 0.309 e. The summed E-state index contributed by atoms with van der Waals surface area (Å²) < 4.78 is 36.5. The molecule has 0 aromatic rings. The Bertz CT molecular complexity index is 264. The summed E-state index contributed by atoms with van der Waals surface area (Å²) in [6.07, 6.45) is -3.40. The monoisotopic (exact) mass is 206 g/mol. The summed E-state index contributed by atoms with van der Waals surface area (Å²) in [5, 5.41) is 3.03. The van der Waals surface area contributed by atoms with Crippen molar-refractivity contribution in [1.82, 2.24) is 5.32 Å². The summed E-state index contributed by atoms with van der Waals surface area (Å²) >= 11 is 0. The van der Waals surface area contributed by atoms with Crippen molar-refractivity contribution in [3.05, 3.63) is 11.8 Å². The van der Waals surface area contributed by atoms with Crippen LogP contribution < -0.4 is 5.32 Å². The van der Waals surface area contributed by atoms with Gasteiger partial charge >= 0.3 is 6.18 Å². The Morgan fingerprint density at radius 1 is 1.50 bits per heavy atom. The van der Waals surface area contributed by atoms with E-state index < -0.39 is 11.7 Å². The SMILES string of the molecule is CC(C)NCC1=NC=C(C(F)(F)F)C1. The van der Waals surface area contributed by atoms with E-state index >= 15 is 0 Å². The Hall–Kier alpha value is -0.840. The molecule has 0 atom stereocenters. The van der Waals surface area contributed by atoms with Gasteiger partial charge in [-0.25, -0.2) is 0 Å². The predicted molar refractivity (Wildman–Crippen MR) is 49.3 cm³/mol. The van der Waals surface area contributed by atoms with E-state index in [2.05, 4.69) is 10.3 Å². The van der Waals surface area contributed by atoms with Gasteiger partial charge in [0.25, 0.3) is 0 Å². The van der Waals surface area contributed by atoms with Gasteiger partial charge in [-0.2, -0.15) is 13.2 Å².